The van der Waals surface area contributed by atoms with Crippen LogP contribution in [0.25, 0.3) is 0 Å². The molecule has 142 valence electrons. The van der Waals surface area contributed by atoms with Gasteiger partial charge in [0.2, 0.25) is 11.8 Å². The largest absolute Gasteiger partial charge is 0.339 e. The molecule has 1 aliphatic rings. The third kappa shape index (κ3) is 5.17. The first kappa shape index (κ1) is 19.1. The van der Waals surface area contributed by atoms with E-state index in [1.165, 1.54) is 5.56 Å². The predicted molar refractivity (Wildman–Crippen MR) is 106 cm³/mol. The van der Waals surface area contributed by atoms with E-state index in [4.69, 9.17) is 5.73 Å². The molecule has 0 aromatic heterocycles. The Morgan fingerprint density at radius 3 is 2.04 bits per heavy atom. The van der Waals surface area contributed by atoms with Crippen LogP contribution in [-0.4, -0.2) is 47.8 Å². The molecule has 0 aliphatic carbocycles. The minimum atomic E-state index is -0.640. The van der Waals surface area contributed by atoms with Crippen molar-refractivity contribution in [3.05, 3.63) is 71.8 Å². The molecule has 1 unspecified atom stereocenters. The summed E-state index contributed by atoms with van der Waals surface area (Å²) in [6.45, 7) is 2.25. The van der Waals surface area contributed by atoms with Crippen LogP contribution in [0.5, 0.6) is 0 Å². The molecule has 1 saturated heterocycles. The molecule has 3 rings (SSSR count). The highest BCUT2D eigenvalue weighted by molar-refractivity contribution is 5.83. The summed E-state index contributed by atoms with van der Waals surface area (Å²) in [6, 6.07) is 19.0. The quantitative estimate of drug-likeness (QED) is 0.855. The summed E-state index contributed by atoms with van der Waals surface area (Å²) in [5.74, 6) is 0.0998. The van der Waals surface area contributed by atoms with Crippen molar-refractivity contribution < 1.29 is 9.59 Å². The van der Waals surface area contributed by atoms with Crippen LogP contribution in [0.15, 0.2) is 60.7 Å². The van der Waals surface area contributed by atoms with E-state index in [1.54, 1.807) is 4.90 Å². The van der Waals surface area contributed by atoms with Gasteiger partial charge in [-0.25, -0.2) is 0 Å². The number of carbonyl (C=O) groups excluding carboxylic acids is 2. The maximum absolute atomic E-state index is 12.6. The van der Waals surface area contributed by atoms with Crippen molar-refractivity contribution in [2.24, 2.45) is 5.73 Å². The Labute approximate surface area is 160 Å². The van der Waals surface area contributed by atoms with E-state index in [0.29, 0.717) is 32.6 Å². The Kier molecular flexibility index (Phi) is 6.60. The highest BCUT2D eigenvalue weighted by Gasteiger charge is 2.27. The molecule has 0 spiro atoms. The summed E-state index contributed by atoms with van der Waals surface area (Å²) in [4.78, 5) is 28.7. The molecule has 2 N–H and O–H groups in total. The number of benzene rings is 2. The minimum Gasteiger partial charge on any atom is -0.339 e. The number of nitrogens with two attached hydrogens (primary N) is 1. The number of aryl methyl sites for hydroxylation is 1. The highest BCUT2D eigenvalue weighted by atomic mass is 16.2. The van der Waals surface area contributed by atoms with Gasteiger partial charge in [-0.05, 0) is 24.0 Å². The topological polar surface area (TPSA) is 66.6 Å². The molecule has 5 heteroatoms. The third-order valence-corrected chi connectivity index (χ3v) is 5.07. The molecule has 2 aromatic rings. The Hall–Kier alpha value is -2.66. The Bertz CT molecular complexity index is 741. The number of hydrogen-bond donors (Lipinski definition) is 1. The van der Waals surface area contributed by atoms with Gasteiger partial charge in [0, 0.05) is 32.6 Å². The van der Waals surface area contributed by atoms with Crippen molar-refractivity contribution in [1.82, 2.24) is 9.80 Å². The first-order valence-corrected chi connectivity index (χ1v) is 9.56. The molecule has 1 fully saturated rings. The summed E-state index contributed by atoms with van der Waals surface area (Å²) in [5, 5.41) is 0. The molecule has 27 heavy (non-hydrogen) atoms. The molecule has 2 amide bonds. The lowest BCUT2D eigenvalue weighted by molar-refractivity contribution is -0.140. The first-order chi connectivity index (χ1) is 13.1. The zero-order chi connectivity index (χ0) is 19.1. The van der Waals surface area contributed by atoms with Crippen molar-refractivity contribution in [2.45, 2.75) is 25.3 Å². The lowest BCUT2D eigenvalue weighted by atomic mass is 10.1. The highest BCUT2D eigenvalue weighted by Crippen LogP contribution is 2.15. The fourth-order valence-electron chi connectivity index (χ4n) is 3.42. The van der Waals surface area contributed by atoms with Crippen LogP contribution in [-0.2, 0) is 16.0 Å². The number of nitrogens with zero attached hydrogens (tertiary/aromatic N) is 2. The average molecular weight is 365 g/mol. The van der Waals surface area contributed by atoms with Gasteiger partial charge < -0.3 is 15.5 Å². The fourth-order valence-corrected chi connectivity index (χ4v) is 3.42. The maximum Gasteiger partial charge on any atom is 0.244 e. The second kappa shape index (κ2) is 9.33. The average Bonchev–Trinajstić information content (AvgIpc) is 2.74. The third-order valence-electron chi connectivity index (χ3n) is 5.07. The summed E-state index contributed by atoms with van der Waals surface area (Å²) in [7, 11) is 0. The molecule has 1 heterocycles. The van der Waals surface area contributed by atoms with Gasteiger partial charge in [-0.1, -0.05) is 60.7 Å². The van der Waals surface area contributed by atoms with Gasteiger partial charge in [0.05, 0.1) is 0 Å². The molecule has 1 aliphatic heterocycles. The van der Waals surface area contributed by atoms with E-state index >= 15 is 0 Å². The normalized spacial score (nSPS) is 15.4. The Morgan fingerprint density at radius 1 is 0.852 bits per heavy atom. The molecule has 0 saturated carbocycles. The minimum absolute atomic E-state index is 0.0719. The Balaban J connectivity index is 1.42. The predicted octanol–water partition coefficient (Wildman–Crippen LogP) is 2.38. The van der Waals surface area contributed by atoms with Gasteiger partial charge in [-0.3, -0.25) is 9.59 Å². The fraction of sp³-hybridized carbons (Fsp3) is 0.364. The van der Waals surface area contributed by atoms with E-state index in [2.05, 4.69) is 12.1 Å². The zero-order valence-corrected chi connectivity index (χ0v) is 15.6. The van der Waals surface area contributed by atoms with Crippen LogP contribution < -0.4 is 5.73 Å². The summed E-state index contributed by atoms with van der Waals surface area (Å²) in [5.41, 5.74) is 8.19. The first-order valence-electron chi connectivity index (χ1n) is 9.56. The number of piperazine rings is 1. The molecule has 0 radical (unpaired) electrons. The second-order valence-electron chi connectivity index (χ2n) is 6.93. The molecular formula is C22H27N3O2. The molecule has 0 bridgehead atoms. The van der Waals surface area contributed by atoms with Gasteiger partial charge in [-0.15, -0.1) is 0 Å². The number of hydrogen-bond acceptors (Lipinski definition) is 3. The van der Waals surface area contributed by atoms with Gasteiger partial charge >= 0.3 is 0 Å². The SMILES string of the molecule is NC(C(=O)N1CCN(C(=O)CCCc2ccccc2)CC1)c1ccccc1. The van der Waals surface area contributed by atoms with E-state index in [0.717, 1.165) is 18.4 Å². The summed E-state index contributed by atoms with van der Waals surface area (Å²) >= 11 is 0. The van der Waals surface area contributed by atoms with Crippen LogP contribution in [0.3, 0.4) is 0 Å². The second-order valence-corrected chi connectivity index (χ2v) is 6.93. The van der Waals surface area contributed by atoms with Crippen LogP contribution >= 0.6 is 0 Å². The smallest absolute Gasteiger partial charge is 0.244 e. The van der Waals surface area contributed by atoms with Crippen LogP contribution in [0.2, 0.25) is 0 Å². The van der Waals surface area contributed by atoms with Crippen molar-refractivity contribution in [3.8, 4) is 0 Å². The van der Waals surface area contributed by atoms with E-state index in [9.17, 15) is 9.59 Å². The molecule has 1 atom stereocenters. The monoisotopic (exact) mass is 365 g/mol. The maximum atomic E-state index is 12.6. The van der Waals surface area contributed by atoms with Crippen LogP contribution in [0.4, 0.5) is 0 Å². The number of carbonyl (C=O) groups is 2. The van der Waals surface area contributed by atoms with Gasteiger partial charge in [0.25, 0.3) is 0 Å². The van der Waals surface area contributed by atoms with Crippen molar-refractivity contribution >= 4 is 11.8 Å². The van der Waals surface area contributed by atoms with Crippen LogP contribution in [0, 0.1) is 0 Å². The van der Waals surface area contributed by atoms with E-state index in [1.807, 2.05) is 53.4 Å². The van der Waals surface area contributed by atoms with E-state index < -0.39 is 6.04 Å². The van der Waals surface area contributed by atoms with Crippen LogP contribution in [0.1, 0.15) is 30.0 Å². The summed E-state index contributed by atoms with van der Waals surface area (Å²) in [6.07, 6.45) is 2.31. The molecule has 2 aromatic carbocycles. The summed E-state index contributed by atoms with van der Waals surface area (Å²) < 4.78 is 0. The van der Waals surface area contributed by atoms with Crippen molar-refractivity contribution in [3.63, 3.8) is 0 Å². The standard InChI is InChI=1S/C22H27N3O2/c23-21(19-11-5-2-6-12-19)22(27)25-16-14-24(15-17-25)20(26)13-7-10-18-8-3-1-4-9-18/h1-6,8-9,11-12,21H,7,10,13-17,23H2. The Morgan fingerprint density at radius 2 is 1.41 bits per heavy atom. The van der Waals surface area contributed by atoms with Gasteiger partial charge in [0.15, 0.2) is 0 Å². The van der Waals surface area contributed by atoms with E-state index in [-0.39, 0.29) is 11.8 Å². The lowest BCUT2D eigenvalue weighted by Gasteiger charge is -2.36. The lowest BCUT2D eigenvalue weighted by Crippen LogP contribution is -2.52. The van der Waals surface area contributed by atoms with Gasteiger partial charge in [0.1, 0.15) is 6.04 Å². The molecular weight excluding hydrogens is 338 g/mol. The zero-order valence-electron chi connectivity index (χ0n) is 15.6. The number of rotatable bonds is 6. The number of amides is 2. The van der Waals surface area contributed by atoms with Crippen molar-refractivity contribution in [2.75, 3.05) is 26.2 Å². The molecule has 5 nitrogen and oxygen atoms in total. The van der Waals surface area contributed by atoms with Gasteiger partial charge in [-0.2, -0.15) is 0 Å². The van der Waals surface area contributed by atoms with Crippen molar-refractivity contribution in [1.29, 1.82) is 0 Å².